The van der Waals surface area contributed by atoms with Crippen LogP contribution in [0.5, 0.6) is 0 Å². The van der Waals surface area contributed by atoms with Gasteiger partial charge in [0.05, 0.1) is 6.04 Å². The number of aldehydes is 1. The monoisotopic (exact) mass is 368 g/mol. The summed E-state index contributed by atoms with van der Waals surface area (Å²) in [4.78, 5) is 56.8. The van der Waals surface area contributed by atoms with Gasteiger partial charge in [-0.3, -0.25) is 24.1 Å². The lowest BCUT2D eigenvalue weighted by Crippen LogP contribution is -2.35. The first kappa shape index (κ1) is 23.4. The molecule has 3 N–H and O–H groups in total. The number of nitrogens with zero attached hydrogens (tertiary/aromatic N) is 1. The van der Waals surface area contributed by atoms with Gasteiger partial charge in [-0.1, -0.05) is 0 Å². The minimum Gasteiger partial charge on any atom is -0.356 e. The van der Waals surface area contributed by atoms with E-state index in [2.05, 4.69) is 16.0 Å². The van der Waals surface area contributed by atoms with Gasteiger partial charge in [0.2, 0.25) is 11.8 Å². The first-order chi connectivity index (χ1) is 12.3. The minimum atomic E-state index is -0.497. The smallest absolute Gasteiger partial charge is 0.253 e. The average molecular weight is 368 g/mol. The Labute approximate surface area is 153 Å². The fourth-order valence-electron chi connectivity index (χ4n) is 2.11. The molecule has 4 amide bonds. The molecule has 1 rings (SSSR count). The lowest BCUT2D eigenvalue weighted by Gasteiger charge is -2.13. The highest BCUT2D eigenvalue weighted by Crippen LogP contribution is 2.04. The van der Waals surface area contributed by atoms with Crippen molar-refractivity contribution in [1.82, 2.24) is 20.9 Å². The number of carbonyl (C=O) groups is 5. The molecule has 0 fully saturated rings. The zero-order valence-corrected chi connectivity index (χ0v) is 15.5. The maximum Gasteiger partial charge on any atom is 0.253 e. The zero-order chi connectivity index (χ0) is 19.9. The van der Waals surface area contributed by atoms with E-state index in [9.17, 15) is 24.0 Å². The number of carbonyl (C=O) groups excluding carboxylic acids is 5. The molecule has 1 unspecified atom stereocenters. The molecule has 0 aromatic heterocycles. The molecule has 1 atom stereocenters. The Balaban J connectivity index is 0.00000194. The second-order valence-corrected chi connectivity index (χ2v) is 5.70. The molecule has 0 radical (unpaired) electrons. The van der Waals surface area contributed by atoms with Crippen LogP contribution in [0.3, 0.4) is 0 Å². The van der Waals surface area contributed by atoms with Crippen LogP contribution in [0.25, 0.3) is 0 Å². The Morgan fingerprint density at radius 3 is 2.23 bits per heavy atom. The molecule has 9 heteroatoms. The van der Waals surface area contributed by atoms with E-state index in [1.807, 2.05) is 14.1 Å². The van der Waals surface area contributed by atoms with Crippen molar-refractivity contribution in [2.75, 3.05) is 27.2 Å². The third-order valence-corrected chi connectivity index (χ3v) is 3.28. The lowest BCUT2D eigenvalue weighted by molar-refractivity contribution is -0.137. The third kappa shape index (κ3) is 10.3. The second-order valence-electron chi connectivity index (χ2n) is 5.70. The third-order valence-electron chi connectivity index (χ3n) is 3.28. The van der Waals surface area contributed by atoms with E-state index >= 15 is 0 Å². The predicted octanol–water partition coefficient (Wildman–Crippen LogP) is -0.873. The first-order valence-corrected chi connectivity index (χ1v) is 8.46. The van der Waals surface area contributed by atoms with E-state index in [1.54, 1.807) is 0 Å². The number of rotatable bonds is 10. The number of imide groups is 1. The van der Waals surface area contributed by atoms with Crippen LogP contribution in [0.15, 0.2) is 12.2 Å². The largest absolute Gasteiger partial charge is 0.356 e. The summed E-state index contributed by atoms with van der Waals surface area (Å²) in [6.07, 6.45) is 4.97. The molecule has 1 aliphatic rings. The lowest BCUT2D eigenvalue weighted by atomic mass is 10.1. The number of unbranched alkanes of at least 4 members (excludes halogenated alkanes) is 1. The molecule has 0 aromatic rings. The Hall–Kier alpha value is -2.55. The topological polar surface area (TPSA) is 125 Å². The van der Waals surface area contributed by atoms with Crippen molar-refractivity contribution in [3.63, 3.8) is 0 Å². The summed E-state index contributed by atoms with van der Waals surface area (Å²) < 4.78 is 0. The average Bonchev–Trinajstić information content (AvgIpc) is 2.90. The van der Waals surface area contributed by atoms with E-state index in [0.29, 0.717) is 32.1 Å². The van der Waals surface area contributed by atoms with Gasteiger partial charge in [0.1, 0.15) is 6.29 Å². The van der Waals surface area contributed by atoms with Crippen LogP contribution in [0.2, 0.25) is 0 Å². The maximum absolute atomic E-state index is 11.6. The van der Waals surface area contributed by atoms with Crippen LogP contribution in [-0.4, -0.2) is 68.0 Å². The van der Waals surface area contributed by atoms with Gasteiger partial charge in [0, 0.05) is 38.6 Å². The molecule has 146 valence electrons. The molecule has 0 aromatic carbocycles. The number of hydrogen-bond acceptors (Lipinski definition) is 6. The minimum absolute atomic E-state index is 0.0576. The molecule has 26 heavy (non-hydrogen) atoms. The number of nitrogens with one attached hydrogen (secondary N) is 3. The summed E-state index contributed by atoms with van der Waals surface area (Å²) >= 11 is 0. The standard InChI is InChI=1S/C15H21N3O5.C2H7N/c1-11(20)17-12(10-19)4-2-3-8-16-13(21)7-9-18-14(22)5-6-15(18)23;1-3-2/h5-6,10,12H,2-4,7-9H2,1H3,(H,16,21)(H,17,20);3H,1-2H3. The second kappa shape index (κ2) is 13.7. The summed E-state index contributed by atoms with van der Waals surface area (Å²) in [5.74, 6) is -1.30. The van der Waals surface area contributed by atoms with Crippen molar-refractivity contribution in [2.45, 2.75) is 38.6 Å². The quantitative estimate of drug-likeness (QED) is 0.261. The van der Waals surface area contributed by atoms with Crippen molar-refractivity contribution >= 4 is 29.9 Å². The van der Waals surface area contributed by atoms with Gasteiger partial charge in [0.25, 0.3) is 11.8 Å². The first-order valence-electron chi connectivity index (χ1n) is 8.46. The van der Waals surface area contributed by atoms with Crippen LogP contribution < -0.4 is 16.0 Å². The number of amides is 4. The van der Waals surface area contributed by atoms with Crippen molar-refractivity contribution in [2.24, 2.45) is 0 Å². The van der Waals surface area contributed by atoms with Gasteiger partial charge in [-0.15, -0.1) is 0 Å². The SMILES string of the molecule is CC(=O)NC(C=O)CCCCNC(=O)CCN1C(=O)C=CC1=O.CNC. The molecule has 0 saturated carbocycles. The van der Waals surface area contributed by atoms with Crippen molar-refractivity contribution in [3.05, 3.63) is 12.2 Å². The van der Waals surface area contributed by atoms with Crippen LogP contribution >= 0.6 is 0 Å². The van der Waals surface area contributed by atoms with Crippen molar-refractivity contribution in [3.8, 4) is 0 Å². The van der Waals surface area contributed by atoms with E-state index in [0.717, 1.165) is 4.90 Å². The van der Waals surface area contributed by atoms with Crippen LogP contribution in [0.4, 0.5) is 0 Å². The van der Waals surface area contributed by atoms with Gasteiger partial charge in [-0.2, -0.15) is 0 Å². The van der Waals surface area contributed by atoms with Gasteiger partial charge < -0.3 is 20.7 Å². The Kier molecular flexibility index (Phi) is 12.4. The molecule has 0 aliphatic carbocycles. The fraction of sp³-hybridized carbons (Fsp3) is 0.588. The fourth-order valence-corrected chi connectivity index (χ4v) is 2.11. The summed E-state index contributed by atoms with van der Waals surface area (Å²) in [5.41, 5.74) is 0. The van der Waals surface area contributed by atoms with E-state index in [1.165, 1.54) is 19.1 Å². The maximum atomic E-state index is 11.6. The summed E-state index contributed by atoms with van der Waals surface area (Å²) in [5, 5.41) is 7.95. The Morgan fingerprint density at radius 1 is 1.15 bits per heavy atom. The van der Waals surface area contributed by atoms with E-state index < -0.39 is 17.9 Å². The molecule has 1 heterocycles. The normalized spacial score (nSPS) is 13.7. The Bertz CT molecular complexity index is 515. The molecular weight excluding hydrogens is 340 g/mol. The van der Waals surface area contributed by atoms with Gasteiger partial charge in [-0.05, 0) is 33.4 Å². The van der Waals surface area contributed by atoms with E-state index in [-0.39, 0.29) is 24.8 Å². The van der Waals surface area contributed by atoms with Crippen LogP contribution in [0, 0.1) is 0 Å². The highest BCUT2D eigenvalue weighted by Gasteiger charge is 2.23. The Morgan fingerprint density at radius 2 is 1.73 bits per heavy atom. The predicted molar refractivity (Wildman–Crippen MR) is 96.0 cm³/mol. The molecule has 0 saturated heterocycles. The molecule has 0 bridgehead atoms. The molecule has 1 aliphatic heterocycles. The molecule has 0 spiro atoms. The highest BCUT2D eigenvalue weighted by molar-refractivity contribution is 6.13. The van der Waals surface area contributed by atoms with Crippen molar-refractivity contribution in [1.29, 1.82) is 0 Å². The summed E-state index contributed by atoms with van der Waals surface area (Å²) in [7, 11) is 3.75. The van der Waals surface area contributed by atoms with Gasteiger partial charge in [-0.25, -0.2) is 0 Å². The highest BCUT2D eigenvalue weighted by atomic mass is 16.2. The van der Waals surface area contributed by atoms with Crippen molar-refractivity contribution < 1.29 is 24.0 Å². The molecular formula is C17H28N4O5. The number of hydrogen-bond donors (Lipinski definition) is 3. The van der Waals surface area contributed by atoms with Gasteiger partial charge in [0.15, 0.2) is 0 Å². The summed E-state index contributed by atoms with van der Waals surface area (Å²) in [6, 6.07) is -0.497. The van der Waals surface area contributed by atoms with Crippen LogP contribution in [0.1, 0.15) is 32.6 Å². The van der Waals surface area contributed by atoms with E-state index in [4.69, 9.17) is 0 Å². The summed E-state index contributed by atoms with van der Waals surface area (Å²) in [6.45, 7) is 1.85. The van der Waals surface area contributed by atoms with Gasteiger partial charge >= 0.3 is 0 Å². The molecule has 9 nitrogen and oxygen atoms in total. The zero-order valence-electron chi connectivity index (χ0n) is 15.5. The van der Waals surface area contributed by atoms with Crippen LogP contribution in [-0.2, 0) is 24.0 Å².